The highest BCUT2D eigenvalue weighted by Gasteiger charge is 2.05. The molecule has 0 radical (unpaired) electrons. The second-order valence-electron chi connectivity index (χ2n) is 3.71. The lowest BCUT2D eigenvalue weighted by Gasteiger charge is -1.99. The van der Waals surface area contributed by atoms with E-state index in [1.165, 1.54) is 10.6 Å². The van der Waals surface area contributed by atoms with Gasteiger partial charge >= 0.3 is 0 Å². The Kier molecular flexibility index (Phi) is 3.50. The first-order valence-electron chi connectivity index (χ1n) is 5.35. The zero-order valence-electron chi connectivity index (χ0n) is 9.86. The summed E-state index contributed by atoms with van der Waals surface area (Å²) in [6.07, 6.45) is 0. The first-order chi connectivity index (χ1) is 8.20. The minimum atomic E-state index is -0.150. The molecular formula is C10H15N5O2. The van der Waals surface area contributed by atoms with Crippen LogP contribution in [0.3, 0.4) is 0 Å². The first-order valence-corrected chi connectivity index (χ1v) is 5.35. The van der Waals surface area contributed by atoms with E-state index in [-0.39, 0.29) is 5.56 Å². The van der Waals surface area contributed by atoms with E-state index in [0.29, 0.717) is 30.4 Å². The SMILES string of the molecule is COCCNCc1nc2nc(C)cc(=O)n2[nH]1. The van der Waals surface area contributed by atoms with E-state index in [1.807, 2.05) is 0 Å². The standard InChI is InChI=1S/C10H15N5O2/c1-7-5-9(16)15-10(12-7)13-8(14-15)6-11-3-4-17-2/h5,11H,3-4,6H2,1-2H3,(H,12,13,14). The van der Waals surface area contributed by atoms with Crippen molar-refractivity contribution in [1.82, 2.24) is 24.9 Å². The van der Waals surface area contributed by atoms with Gasteiger partial charge in [-0.15, -0.1) is 0 Å². The van der Waals surface area contributed by atoms with Gasteiger partial charge in [0.1, 0.15) is 5.82 Å². The number of rotatable bonds is 5. The molecular weight excluding hydrogens is 222 g/mol. The van der Waals surface area contributed by atoms with Gasteiger partial charge < -0.3 is 10.1 Å². The zero-order valence-corrected chi connectivity index (χ0v) is 9.86. The number of aryl methyl sites for hydroxylation is 1. The van der Waals surface area contributed by atoms with Crippen LogP contribution in [0.15, 0.2) is 10.9 Å². The third-order valence-corrected chi connectivity index (χ3v) is 2.28. The number of methoxy groups -OCH3 is 1. The van der Waals surface area contributed by atoms with E-state index in [2.05, 4.69) is 20.4 Å². The number of hydrogen-bond donors (Lipinski definition) is 2. The van der Waals surface area contributed by atoms with Gasteiger partial charge in [0.05, 0.1) is 13.2 Å². The van der Waals surface area contributed by atoms with Crippen molar-refractivity contribution < 1.29 is 4.74 Å². The number of aromatic nitrogens is 4. The molecule has 17 heavy (non-hydrogen) atoms. The molecule has 0 aliphatic heterocycles. The number of aromatic amines is 1. The number of H-pyrrole nitrogens is 1. The number of ether oxygens (including phenoxy) is 1. The molecule has 0 aliphatic carbocycles. The normalized spacial score (nSPS) is 11.2. The molecule has 0 aliphatic rings. The van der Waals surface area contributed by atoms with Crippen LogP contribution in [0.2, 0.25) is 0 Å². The fourth-order valence-electron chi connectivity index (χ4n) is 1.50. The topological polar surface area (TPSA) is 84.3 Å². The summed E-state index contributed by atoms with van der Waals surface area (Å²) in [5, 5.41) is 6.03. The lowest BCUT2D eigenvalue weighted by molar-refractivity contribution is 0.199. The van der Waals surface area contributed by atoms with Crippen molar-refractivity contribution in [3.63, 3.8) is 0 Å². The molecule has 0 saturated carbocycles. The van der Waals surface area contributed by atoms with Crippen molar-refractivity contribution in [1.29, 1.82) is 0 Å². The monoisotopic (exact) mass is 237 g/mol. The van der Waals surface area contributed by atoms with Crippen LogP contribution >= 0.6 is 0 Å². The van der Waals surface area contributed by atoms with Crippen LogP contribution in [0, 0.1) is 6.92 Å². The average Bonchev–Trinajstić information content (AvgIpc) is 2.67. The smallest absolute Gasteiger partial charge is 0.274 e. The molecule has 2 heterocycles. The molecule has 0 amide bonds. The summed E-state index contributed by atoms with van der Waals surface area (Å²) in [6.45, 7) is 3.68. The van der Waals surface area contributed by atoms with E-state index in [1.54, 1.807) is 14.0 Å². The van der Waals surface area contributed by atoms with Crippen molar-refractivity contribution in [3.8, 4) is 0 Å². The second kappa shape index (κ2) is 5.07. The molecule has 0 saturated heterocycles. The number of nitrogens with zero attached hydrogens (tertiary/aromatic N) is 3. The van der Waals surface area contributed by atoms with Crippen LogP contribution in [0.1, 0.15) is 11.5 Å². The Morgan fingerprint density at radius 3 is 3.12 bits per heavy atom. The van der Waals surface area contributed by atoms with Gasteiger partial charge in [0, 0.05) is 25.4 Å². The van der Waals surface area contributed by atoms with Gasteiger partial charge in [0.15, 0.2) is 0 Å². The maximum Gasteiger partial charge on any atom is 0.274 e. The van der Waals surface area contributed by atoms with Crippen molar-refractivity contribution >= 4 is 5.78 Å². The quantitative estimate of drug-likeness (QED) is 0.682. The minimum absolute atomic E-state index is 0.150. The maximum atomic E-state index is 11.6. The third kappa shape index (κ3) is 2.69. The molecule has 2 aromatic rings. The van der Waals surface area contributed by atoms with Gasteiger partial charge in [0.25, 0.3) is 11.3 Å². The zero-order chi connectivity index (χ0) is 12.3. The Hall–Kier alpha value is -1.73. The average molecular weight is 237 g/mol. The molecule has 2 N–H and O–H groups in total. The second-order valence-corrected chi connectivity index (χ2v) is 3.71. The van der Waals surface area contributed by atoms with Gasteiger partial charge in [-0.3, -0.25) is 9.89 Å². The third-order valence-electron chi connectivity index (χ3n) is 2.28. The first kappa shape index (κ1) is 11.7. The summed E-state index contributed by atoms with van der Waals surface area (Å²) in [6, 6.07) is 1.47. The number of hydrogen-bond acceptors (Lipinski definition) is 5. The van der Waals surface area contributed by atoms with Crippen LogP contribution in [0.4, 0.5) is 0 Å². The summed E-state index contributed by atoms with van der Waals surface area (Å²) >= 11 is 0. The molecule has 92 valence electrons. The Labute approximate surface area is 97.8 Å². The lowest BCUT2D eigenvalue weighted by Crippen LogP contribution is -2.19. The lowest BCUT2D eigenvalue weighted by atomic mass is 10.5. The van der Waals surface area contributed by atoms with Gasteiger partial charge in [-0.25, -0.2) is 4.98 Å². The Morgan fingerprint density at radius 2 is 2.35 bits per heavy atom. The van der Waals surface area contributed by atoms with Crippen LogP contribution in [0.5, 0.6) is 0 Å². The van der Waals surface area contributed by atoms with E-state index in [9.17, 15) is 4.79 Å². The summed E-state index contributed by atoms with van der Waals surface area (Å²) in [4.78, 5) is 20.0. The van der Waals surface area contributed by atoms with Crippen molar-refractivity contribution in [2.75, 3.05) is 20.3 Å². The highest BCUT2D eigenvalue weighted by atomic mass is 16.5. The summed E-state index contributed by atoms with van der Waals surface area (Å²) in [7, 11) is 1.65. The molecule has 0 fully saturated rings. The molecule has 0 aromatic carbocycles. The Morgan fingerprint density at radius 1 is 1.53 bits per heavy atom. The van der Waals surface area contributed by atoms with Crippen molar-refractivity contribution in [2.45, 2.75) is 13.5 Å². The van der Waals surface area contributed by atoms with E-state index in [0.717, 1.165) is 6.54 Å². The van der Waals surface area contributed by atoms with E-state index >= 15 is 0 Å². The molecule has 0 bridgehead atoms. The molecule has 2 rings (SSSR count). The van der Waals surface area contributed by atoms with Gasteiger partial charge in [-0.05, 0) is 6.92 Å². The van der Waals surface area contributed by atoms with E-state index < -0.39 is 0 Å². The molecule has 0 unspecified atom stereocenters. The summed E-state index contributed by atoms with van der Waals surface area (Å²) in [5.74, 6) is 1.08. The summed E-state index contributed by atoms with van der Waals surface area (Å²) < 4.78 is 6.25. The molecule has 0 atom stereocenters. The molecule has 7 heteroatoms. The highest BCUT2D eigenvalue weighted by molar-refractivity contribution is 5.27. The van der Waals surface area contributed by atoms with Crippen molar-refractivity contribution in [3.05, 3.63) is 27.9 Å². The highest BCUT2D eigenvalue weighted by Crippen LogP contribution is 1.96. The fraction of sp³-hybridized carbons (Fsp3) is 0.500. The molecule has 0 spiro atoms. The van der Waals surface area contributed by atoms with Crippen LogP contribution < -0.4 is 10.9 Å². The van der Waals surface area contributed by atoms with E-state index in [4.69, 9.17) is 4.74 Å². The Balaban J connectivity index is 2.15. The van der Waals surface area contributed by atoms with Crippen LogP contribution in [-0.2, 0) is 11.3 Å². The predicted molar refractivity (Wildman–Crippen MR) is 61.9 cm³/mol. The molecule has 7 nitrogen and oxygen atoms in total. The van der Waals surface area contributed by atoms with Crippen LogP contribution in [0.25, 0.3) is 5.78 Å². The van der Waals surface area contributed by atoms with Crippen molar-refractivity contribution in [2.24, 2.45) is 0 Å². The van der Waals surface area contributed by atoms with Gasteiger partial charge in [0.2, 0.25) is 0 Å². The largest absolute Gasteiger partial charge is 0.383 e. The molecule has 2 aromatic heterocycles. The fourth-order valence-corrected chi connectivity index (χ4v) is 1.50. The minimum Gasteiger partial charge on any atom is -0.383 e. The van der Waals surface area contributed by atoms with Crippen LogP contribution in [-0.4, -0.2) is 39.8 Å². The Bertz CT molecular complexity index is 559. The predicted octanol–water partition coefficient (Wildman–Crippen LogP) is -0.538. The maximum absolute atomic E-state index is 11.6. The van der Waals surface area contributed by atoms with Gasteiger partial charge in [-0.1, -0.05) is 0 Å². The van der Waals surface area contributed by atoms with Gasteiger partial charge in [-0.2, -0.15) is 9.50 Å². The summed E-state index contributed by atoms with van der Waals surface area (Å²) in [5.41, 5.74) is 0.517. The number of nitrogens with one attached hydrogen (secondary N) is 2. The number of fused-ring (bicyclic) bond motifs is 1.